The monoisotopic (exact) mass is 291 g/mol. The number of rotatable bonds is 4. The fraction of sp³-hybridized carbons (Fsp3) is 0.643. The number of tetrazole rings is 1. The van der Waals surface area contributed by atoms with E-state index in [0.717, 1.165) is 12.2 Å². The molecule has 1 aliphatic rings. The first kappa shape index (κ1) is 13.7. The van der Waals surface area contributed by atoms with E-state index in [2.05, 4.69) is 26.8 Å². The Morgan fingerprint density at radius 3 is 2.95 bits per heavy atom. The number of hydrogen-bond donors (Lipinski definition) is 1. The standard InChI is InChI=1S/C14H21N5S/c1-15-11(9-14-16-18-19(2)17-14)13-8-10-6-4-3-5-7-12(10)20-13/h8,11,15H,3-7,9H2,1-2H3. The number of aryl methyl sites for hydroxylation is 3. The third kappa shape index (κ3) is 2.91. The smallest absolute Gasteiger partial charge is 0.176 e. The lowest BCUT2D eigenvalue weighted by atomic mass is 10.1. The zero-order valence-corrected chi connectivity index (χ0v) is 12.9. The maximum Gasteiger partial charge on any atom is 0.176 e. The van der Waals surface area contributed by atoms with E-state index in [0.29, 0.717) is 0 Å². The van der Waals surface area contributed by atoms with Crippen LogP contribution < -0.4 is 5.32 Å². The molecular formula is C14H21N5S. The highest BCUT2D eigenvalue weighted by atomic mass is 32.1. The van der Waals surface area contributed by atoms with Gasteiger partial charge in [-0.1, -0.05) is 6.42 Å². The fourth-order valence-corrected chi connectivity index (χ4v) is 4.16. The Morgan fingerprint density at radius 1 is 1.35 bits per heavy atom. The largest absolute Gasteiger partial charge is 0.312 e. The molecule has 0 radical (unpaired) electrons. The van der Waals surface area contributed by atoms with E-state index < -0.39 is 0 Å². The van der Waals surface area contributed by atoms with Crippen LogP contribution in [0, 0.1) is 0 Å². The quantitative estimate of drug-likeness (QED) is 0.876. The normalized spacial score (nSPS) is 16.7. The lowest BCUT2D eigenvalue weighted by molar-refractivity contribution is 0.578. The molecule has 1 aliphatic carbocycles. The van der Waals surface area contributed by atoms with Gasteiger partial charge in [0.1, 0.15) is 0 Å². The number of thiophene rings is 1. The van der Waals surface area contributed by atoms with Gasteiger partial charge in [0.05, 0.1) is 7.05 Å². The number of likely N-dealkylation sites (N-methyl/N-ethyl adjacent to an activating group) is 1. The van der Waals surface area contributed by atoms with Crippen LogP contribution in [0.4, 0.5) is 0 Å². The van der Waals surface area contributed by atoms with Crippen LogP contribution in [0.1, 0.15) is 46.4 Å². The molecule has 0 fully saturated rings. The molecule has 1 atom stereocenters. The minimum atomic E-state index is 0.288. The molecule has 20 heavy (non-hydrogen) atoms. The molecule has 0 saturated heterocycles. The van der Waals surface area contributed by atoms with E-state index in [1.54, 1.807) is 17.5 Å². The van der Waals surface area contributed by atoms with Crippen molar-refractivity contribution >= 4 is 11.3 Å². The molecule has 108 valence electrons. The van der Waals surface area contributed by atoms with E-state index >= 15 is 0 Å². The molecule has 0 aromatic carbocycles. The van der Waals surface area contributed by atoms with Crippen LogP contribution >= 0.6 is 11.3 Å². The Bertz CT molecular complexity index is 550. The van der Waals surface area contributed by atoms with E-state index in [1.807, 2.05) is 18.4 Å². The minimum absolute atomic E-state index is 0.288. The molecule has 3 rings (SSSR count). The van der Waals surface area contributed by atoms with Gasteiger partial charge < -0.3 is 5.32 Å². The molecule has 0 saturated carbocycles. The third-order valence-corrected chi connectivity index (χ3v) is 5.24. The fourth-order valence-electron chi connectivity index (χ4n) is 2.79. The van der Waals surface area contributed by atoms with Gasteiger partial charge in [0.25, 0.3) is 0 Å². The molecule has 5 nitrogen and oxygen atoms in total. The molecular weight excluding hydrogens is 270 g/mol. The molecule has 1 unspecified atom stereocenters. The number of aromatic nitrogens is 4. The zero-order chi connectivity index (χ0) is 13.9. The Labute approximate surface area is 123 Å². The van der Waals surface area contributed by atoms with Crippen molar-refractivity contribution < 1.29 is 0 Å². The molecule has 1 N–H and O–H groups in total. The molecule has 6 heteroatoms. The Balaban J connectivity index is 1.79. The average molecular weight is 291 g/mol. The summed E-state index contributed by atoms with van der Waals surface area (Å²) in [5.41, 5.74) is 1.56. The van der Waals surface area contributed by atoms with Crippen molar-refractivity contribution in [2.24, 2.45) is 7.05 Å². The topological polar surface area (TPSA) is 55.6 Å². The Morgan fingerprint density at radius 2 is 2.20 bits per heavy atom. The Kier molecular flexibility index (Phi) is 4.12. The lowest BCUT2D eigenvalue weighted by Gasteiger charge is -2.11. The summed E-state index contributed by atoms with van der Waals surface area (Å²) in [6.07, 6.45) is 7.33. The van der Waals surface area contributed by atoms with Crippen molar-refractivity contribution in [3.8, 4) is 0 Å². The van der Waals surface area contributed by atoms with E-state index in [-0.39, 0.29) is 6.04 Å². The van der Waals surface area contributed by atoms with Gasteiger partial charge in [0.2, 0.25) is 0 Å². The average Bonchev–Trinajstić information content (AvgIpc) is 2.97. The highest BCUT2D eigenvalue weighted by Crippen LogP contribution is 2.33. The van der Waals surface area contributed by atoms with Gasteiger partial charge in [-0.2, -0.15) is 4.80 Å². The van der Waals surface area contributed by atoms with Gasteiger partial charge in [-0.25, -0.2) is 0 Å². The number of hydrogen-bond acceptors (Lipinski definition) is 5. The number of fused-ring (bicyclic) bond motifs is 1. The van der Waals surface area contributed by atoms with E-state index in [1.165, 1.54) is 41.8 Å². The second-order valence-corrected chi connectivity index (χ2v) is 6.57. The van der Waals surface area contributed by atoms with Crippen molar-refractivity contribution in [2.75, 3.05) is 7.05 Å². The molecule has 2 aromatic heterocycles. The maximum absolute atomic E-state index is 4.28. The lowest BCUT2D eigenvalue weighted by Crippen LogP contribution is -2.18. The summed E-state index contributed by atoms with van der Waals surface area (Å²) < 4.78 is 0. The highest BCUT2D eigenvalue weighted by Gasteiger charge is 2.19. The summed E-state index contributed by atoms with van der Waals surface area (Å²) >= 11 is 1.96. The van der Waals surface area contributed by atoms with Crippen molar-refractivity contribution in [3.63, 3.8) is 0 Å². The van der Waals surface area contributed by atoms with Gasteiger partial charge >= 0.3 is 0 Å². The van der Waals surface area contributed by atoms with Gasteiger partial charge in [0, 0.05) is 22.2 Å². The van der Waals surface area contributed by atoms with E-state index in [4.69, 9.17) is 0 Å². The summed E-state index contributed by atoms with van der Waals surface area (Å²) in [4.78, 5) is 4.52. The summed E-state index contributed by atoms with van der Waals surface area (Å²) in [6.45, 7) is 0. The number of nitrogens with zero attached hydrogens (tertiary/aromatic N) is 4. The van der Waals surface area contributed by atoms with E-state index in [9.17, 15) is 0 Å². The van der Waals surface area contributed by atoms with Crippen LogP contribution in [0.5, 0.6) is 0 Å². The molecule has 0 aliphatic heterocycles. The minimum Gasteiger partial charge on any atom is -0.312 e. The molecule has 0 bridgehead atoms. The molecule has 2 heterocycles. The van der Waals surface area contributed by atoms with Crippen LogP contribution in [0.2, 0.25) is 0 Å². The molecule has 2 aromatic rings. The van der Waals surface area contributed by atoms with Gasteiger partial charge in [-0.3, -0.25) is 0 Å². The van der Waals surface area contributed by atoms with Crippen LogP contribution in [0.3, 0.4) is 0 Å². The second-order valence-electron chi connectivity index (χ2n) is 5.40. The summed E-state index contributed by atoms with van der Waals surface area (Å²) in [5.74, 6) is 0.801. The first-order valence-electron chi connectivity index (χ1n) is 7.28. The van der Waals surface area contributed by atoms with Gasteiger partial charge in [0.15, 0.2) is 5.82 Å². The number of nitrogens with one attached hydrogen (secondary N) is 1. The van der Waals surface area contributed by atoms with Crippen molar-refractivity contribution in [3.05, 3.63) is 27.2 Å². The van der Waals surface area contributed by atoms with Crippen molar-refractivity contribution in [2.45, 2.75) is 44.6 Å². The zero-order valence-electron chi connectivity index (χ0n) is 12.1. The SMILES string of the molecule is CNC(Cc1nnn(C)n1)c1cc2c(s1)CCCCC2. The predicted octanol–water partition coefficient (Wildman–Crippen LogP) is 2.04. The summed E-state index contributed by atoms with van der Waals surface area (Å²) in [5, 5.41) is 15.7. The van der Waals surface area contributed by atoms with Crippen molar-refractivity contribution in [1.29, 1.82) is 0 Å². The molecule has 0 spiro atoms. The summed E-state index contributed by atoms with van der Waals surface area (Å²) in [7, 11) is 3.81. The van der Waals surface area contributed by atoms with Crippen LogP contribution in [-0.2, 0) is 26.3 Å². The van der Waals surface area contributed by atoms with Gasteiger partial charge in [-0.05, 0) is 49.6 Å². The third-order valence-electron chi connectivity index (χ3n) is 3.89. The van der Waals surface area contributed by atoms with Gasteiger partial charge in [-0.15, -0.1) is 21.5 Å². The maximum atomic E-state index is 4.28. The van der Waals surface area contributed by atoms with Crippen LogP contribution in [-0.4, -0.2) is 27.3 Å². The van der Waals surface area contributed by atoms with Crippen LogP contribution in [0.25, 0.3) is 0 Å². The first-order valence-corrected chi connectivity index (χ1v) is 8.09. The molecule has 0 amide bonds. The van der Waals surface area contributed by atoms with Crippen LogP contribution in [0.15, 0.2) is 6.07 Å². The highest BCUT2D eigenvalue weighted by molar-refractivity contribution is 7.12. The summed E-state index contributed by atoms with van der Waals surface area (Å²) in [6, 6.07) is 2.68. The predicted molar refractivity (Wildman–Crippen MR) is 79.9 cm³/mol. The first-order chi connectivity index (χ1) is 9.76. The van der Waals surface area contributed by atoms with Crippen molar-refractivity contribution in [1.82, 2.24) is 25.5 Å². The Hall–Kier alpha value is -1.27. The second kappa shape index (κ2) is 6.01.